The summed E-state index contributed by atoms with van der Waals surface area (Å²) < 4.78 is 1.59. The standard InChI is InChI=1S/C15H15N3O3/c1-17-12(13(19)9-16-17)7-4-8-18-14(20)10-5-2-3-6-11(10)15(18)21/h2-3,5-6,9,19H,4,7-8H2,1H3. The quantitative estimate of drug-likeness (QED) is 0.860. The van der Waals surface area contributed by atoms with Gasteiger partial charge < -0.3 is 5.11 Å². The summed E-state index contributed by atoms with van der Waals surface area (Å²) in [6, 6.07) is 6.84. The van der Waals surface area contributed by atoms with Crippen LogP contribution in [-0.4, -0.2) is 38.1 Å². The zero-order valence-corrected chi connectivity index (χ0v) is 11.6. The number of amides is 2. The molecule has 2 amide bonds. The molecule has 2 heterocycles. The monoisotopic (exact) mass is 285 g/mol. The molecule has 0 aliphatic carbocycles. The van der Waals surface area contributed by atoms with Crippen molar-refractivity contribution in [1.82, 2.24) is 14.7 Å². The molecule has 0 saturated carbocycles. The highest BCUT2D eigenvalue weighted by molar-refractivity contribution is 6.21. The number of aromatic nitrogens is 2. The Morgan fingerprint density at radius 2 is 1.76 bits per heavy atom. The molecule has 6 heteroatoms. The Bertz CT molecular complexity index is 666. The number of imide groups is 1. The van der Waals surface area contributed by atoms with E-state index in [0.717, 1.165) is 0 Å². The number of benzene rings is 1. The Hall–Kier alpha value is -2.63. The Balaban J connectivity index is 1.68. The predicted molar refractivity (Wildman–Crippen MR) is 75.0 cm³/mol. The number of hydrogen-bond donors (Lipinski definition) is 1. The molecule has 0 fully saturated rings. The van der Waals surface area contributed by atoms with Crippen LogP contribution in [0, 0.1) is 0 Å². The zero-order chi connectivity index (χ0) is 15.0. The molecule has 2 aromatic rings. The highest BCUT2D eigenvalue weighted by Crippen LogP contribution is 2.23. The topological polar surface area (TPSA) is 75.4 Å². The number of aromatic hydroxyl groups is 1. The van der Waals surface area contributed by atoms with Crippen LogP contribution in [0.1, 0.15) is 32.8 Å². The average molecular weight is 285 g/mol. The second-order valence-electron chi connectivity index (χ2n) is 5.01. The van der Waals surface area contributed by atoms with Gasteiger partial charge in [-0.05, 0) is 25.0 Å². The molecule has 0 atom stereocenters. The maximum Gasteiger partial charge on any atom is 0.261 e. The lowest BCUT2D eigenvalue weighted by atomic mass is 10.1. The second kappa shape index (κ2) is 5.05. The summed E-state index contributed by atoms with van der Waals surface area (Å²) in [4.78, 5) is 25.6. The first-order valence-corrected chi connectivity index (χ1v) is 6.74. The Morgan fingerprint density at radius 1 is 1.14 bits per heavy atom. The van der Waals surface area contributed by atoms with Crippen LogP contribution in [0.5, 0.6) is 5.75 Å². The minimum absolute atomic E-state index is 0.139. The van der Waals surface area contributed by atoms with Crippen LogP contribution in [0.4, 0.5) is 0 Å². The van der Waals surface area contributed by atoms with Crippen molar-refractivity contribution in [3.8, 4) is 5.75 Å². The van der Waals surface area contributed by atoms with E-state index in [9.17, 15) is 14.7 Å². The van der Waals surface area contributed by atoms with Crippen molar-refractivity contribution >= 4 is 11.8 Å². The third-order valence-electron chi connectivity index (χ3n) is 3.71. The van der Waals surface area contributed by atoms with Crippen molar-refractivity contribution in [2.24, 2.45) is 7.05 Å². The number of carbonyl (C=O) groups is 2. The highest BCUT2D eigenvalue weighted by Gasteiger charge is 2.34. The number of nitrogens with zero attached hydrogens (tertiary/aromatic N) is 3. The lowest BCUT2D eigenvalue weighted by Crippen LogP contribution is -2.31. The van der Waals surface area contributed by atoms with E-state index in [1.165, 1.54) is 11.1 Å². The van der Waals surface area contributed by atoms with Gasteiger partial charge in [0.2, 0.25) is 0 Å². The van der Waals surface area contributed by atoms with Gasteiger partial charge in [0.05, 0.1) is 23.0 Å². The van der Waals surface area contributed by atoms with Gasteiger partial charge in [0.25, 0.3) is 11.8 Å². The van der Waals surface area contributed by atoms with Gasteiger partial charge in [-0.25, -0.2) is 0 Å². The van der Waals surface area contributed by atoms with Gasteiger partial charge in [-0.3, -0.25) is 19.2 Å². The Morgan fingerprint density at radius 3 is 2.29 bits per heavy atom. The molecule has 0 radical (unpaired) electrons. The van der Waals surface area contributed by atoms with Crippen molar-refractivity contribution in [2.75, 3.05) is 6.54 Å². The van der Waals surface area contributed by atoms with E-state index >= 15 is 0 Å². The van der Waals surface area contributed by atoms with Gasteiger partial charge in [0.15, 0.2) is 5.75 Å². The summed E-state index contributed by atoms with van der Waals surface area (Å²) in [6.07, 6.45) is 2.52. The van der Waals surface area contributed by atoms with Gasteiger partial charge in [0, 0.05) is 13.6 Å². The lowest BCUT2D eigenvalue weighted by Gasteiger charge is -2.13. The molecule has 0 saturated heterocycles. The van der Waals surface area contributed by atoms with Crippen LogP contribution >= 0.6 is 0 Å². The number of hydrogen-bond acceptors (Lipinski definition) is 4. The third-order valence-corrected chi connectivity index (χ3v) is 3.71. The summed E-state index contributed by atoms with van der Waals surface area (Å²) >= 11 is 0. The van der Waals surface area contributed by atoms with E-state index < -0.39 is 0 Å². The van der Waals surface area contributed by atoms with Gasteiger partial charge >= 0.3 is 0 Å². The fourth-order valence-electron chi connectivity index (χ4n) is 2.59. The molecule has 0 bridgehead atoms. The van der Waals surface area contributed by atoms with Gasteiger partial charge in [-0.15, -0.1) is 0 Å². The fourth-order valence-corrected chi connectivity index (χ4v) is 2.59. The summed E-state index contributed by atoms with van der Waals surface area (Å²) in [7, 11) is 1.75. The van der Waals surface area contributed by atoms with Gasteiger partial charge in [-0.1, -0.05) is 12.1 Å². The highest BCUT2D eigenvalue weighted by atomic mass is 16.3. The SMILES string of the molecule is Cn1ncc(O)c1CCCN1C(=O)c2ccccc2C1=O. The first-order chi connectivity index (χ1) is 10.1. The van der Waals surface area contributed by atoms with Gasteiger partial charge in [-0.2, -0.15) is 5.10 Å². The van der Waals surface area contributed by atoms with E-state index in [4.69, 9.17) is 0 Å². The van der Waals surface area contributed by atoms with Crippen LogP contribution < -0.4 is 0 Å². The summed E-state index contributed by atoms with van der Waals surface area (Å²) in [5.41, 5.74) is 1.63. The van der Waals surface area contributed by atoms with Crippen molar-refractivity contribution in [2.45, 2.75) is 12.8 Å². The fraction of sp³-hybridized carbons (Fsp3) is 0.267. The van der Waals surface area contributed by atoms with Crippen LogP contribution in [0.3, 0.4) is 0 Å². The van der Waals surface area contributed by atoms with Gasteiger partial charge in [0.1, 0.15) is 0 Å². The molecule has 1 aliphatic heterocycles. The molecule has 6 nitrogen and oxygen atoms in total. The largest absolute Gasteiger partial charge is 0.504 e. The normalized spacial score (nSPS) is 13.9. The van der Waals surface area contributed by atoms with E-state index in [1.807, 2.05) is 0 Å². The number of carbonyl (C=O) groups excluding carboxylic acids is 2. The van der Waals surface area contributed by atoms with Crippen molar-refractivity contribution in [3.63, 3.8) is 0 Å². The summed E-state index contributed by atoms with van der Waals surface area (Å²) in [5.74, 6) is -0.352. The molecule has 1 aromatic carbocycles. The zero-order valence-electron chi connectivity index (χ0n) is 11.6. The number of fused-ring (bicyclic) bond motifs is 1. The van der Waals surface area contributed by atoms with Crippen LogP contribution in [0.2, 0.25) is 0 Å². The van der Waals surface area contributed by atoms with E-state index in [1.54, 1.807) is 36.0 Å². The van der Waals surface area contributed by atoms with Crippen molar-refractivity contribution in [3.05, 3.63) is 47.3 Å². The number of rotatable bonds is 4. The minimum atomic E-state index is -0.246. The van der Waals surface area contributed by atoms with Crippen LogP contribution in [0.25, 0.3) is 0 Å². The Kier molecular flexibility index (Phi) is 3.21. The molecule has 1 aromatic heterocycles. The van der Waals surface area contributed by atoms with Crippen molar-refractivity contribution < 1.29 is 14.7 Å². The van der Waals surface area contributed by atoms with Crippen molar-refractivity contribution in [1.29, 1.82) is 0 Å². The van der Waals surface area contributed by atoms with E-state index in [2.05, 4.69) is 5.10 Å². The third kappa shape index (κ3) is 2.18. The Labute approximate surface area is 121 Å². The maximum atomic E-state index is 12.2. The predicted octanol–water partition coefficient (Wildman–Crippen LogP) is 1.35. The molecule has 1 aliphatic rings. The second-order valence-corrected chi connectivity index (χ2v) is 5.01. The first kappa shape index (κ1) is 13.4. The number of aryl methyl sites for hydroxylation is 1. The summed E-state index contributed by atoms with van der Waals surface area (Å²) in [5, 5.41) is 13.6. The average Bonchev–Trinajstić information content (AvgIpc) is 2.93. The maximum absolute atomic E-state index is 12.2. The molecule has 1 N–H and O–H groups in total. The van der Waals surface area contributed by atoms with E-state index in [-0.39, 0.29) is 17.6 Å². The molecular weight excluding hydrogens is 270 g/mol. The molecular formula is C15H15N3O3. The van der Waals surface area contributed by atoms with Crippen LogP contribution in [0.15, 0.2) is 30.5 Å². The molecule has 108 valence electrons. The lowest BCUT2D eigenvalue weighted by molar-refractivity contribution is 0.0652. The van der Waals surface area contributed by atoms with E-state index in [0.29, 0.717) is 36.2 Å². The molecule has 0 unspecified atom stereocenters. The van der Waals surface area contributed by atoms with Crippen LogP contribution in [-0.2, 0) is 13.5 Å². The molecule has 21 heavy (non-hydrogen) atoms. The molecule has 0 spiro atoms. The smallest absolute Gasteiger partial charge is 0.261 e. The molecule has 3 rings (SSSR count). The minimum Gasteiger partial charge on any atom is -0.504 e. The summed E-state index contributed by atoms with van der Waals surface area (Å²) in [6.45, 7) is 0.330. The first-order valence-electron chi connectivity index (χ1n) is 6.74.